The molecule has 3 nitrogen and oxygen atoms in total. The highest BCUT2D eigenvalue weighted by Crippen LogP contribution is 2.32. The van der Waals surface area contributed by atoms with Gasteiger partial charge < -0.3 is 9.30 Å². The van der Waals surface area contributed by atoms with Gasteiger partial charge in [0.1, 0.15) is 11.6 Å². The molecule has 108 valence electrons. The zero-order chi connectivity index (χ0) is 14.1. The molecule has 0 saturated heterocycles. The lowest BCUT2D eigenvalue weighted by Gasteiger charge is -2.15. The molecule has 20 heavy (non-hydrogen) atoms. The van der Waals surface area contributed by atoms with E-state index in [0.717, 1.165) is 35.1 Å². The van der Waals surface area contributed by atoms with Gasteiger partial charge in [-0.3, -0.25) is 0 Å². The summed E-state index contributed by atoms with van der Waals surface area (Å²) >= 11 is 6.32. The number of hydrogen-bond acceptors (Lipinski definition) is 2. The molecule has 0 aliphatic heterocycles. The Bertz CT molecular complexity index is 600. The first-order valence-corrected chi connectivity index (χ1v) is 7.81. The number of fused-ring (bicyclic) bond motifs is 1. The zero-order valence-corrected chi connectivity index (χ0v) is 12.9. The topological polar surface area (TPSA) is 27.1 Å². The summed E-state index contributed by atoms with van der Waals surface area (Å²) in [5.41, 5.74) is 2.14. The lowest BCUT2D eigenvalue weighted by molar-refractivity contribution is 0.414. The fourth-order valence-electron chi connectivity index (χ4n) is 3.19. The average molecular weight is 293 g/mol. The summed E-state index contributed by atoms with van der Waals surface area (Å²) in [6.45, 7) is 3.02. The van der Waals surface area contributed by atoms with Crippen molar-refractivity contribution >= 4 is 22.6 Å². The molecule has 1 aliphatic carbocycles. The molecule has 1 unspecified atom stereocenters. The monoisotopic (exact) mass is 292 g/mol. The summed E-state index contributed by atoms with van der Waals surface area (Å²) in [5.74, 6) is 2.61. The number of aromatic nitrogens is 2. The molecule has 2 aromatic rings. The molecule has 1 fully saturated rings. The first kappa shape index (κ1) is 13.7. The van der Waals surface area contributed by atoms with Crippen LogP contribution in [0.25, 0.3) is 11.0 Å². The number of hydrogen-bond donors (Lipinski definition) is 0. The fraction of sp³-hybridized carbons (Fsp3) is 0.562. The predicted octanol–water partition coefficient (Wildman–Crippen LogP) is 4.53. The Labute approximate surface area is 124 Å². The Morgan fingerprint density at radius 3 is 2.80 bits per heavy atom. The van der Waals surface area contributed by atoms with Crippen molar-refractivity contribution in [2.75, 3.05) is 7.11 Å². The minimum Gasteiger partial charge on any atom is -0.497 e. The second-order valence-corrected chi connectivity index (χ2v) is 6.36. The molecule has 0 amide bonds. The van der Waals surface area contributed by atoms with Crippen LogP contribution in [0.5, 0.6) is 5.75 Å². The third-order valence-electron chi connectivity index (χ3n) is 4.26. The van der Waals surface area contributed by atoms with Crippen LogP contribution in [0.2, 0.25) is 0 Å². The van der Waals surface area contributed by atoms with Gasteiger partial charge in [0.2, 0.25) is 0 Å². The number of benzene rings is 1. The Kier molecular flexibility index (Phi) is 3.88. The van der Waals surface area contributed by atoms with Crippen LogP contribution in [0.3, 0.4) is 0 Å². The van der Waals surface area contributed by atoms with Gasteiger partial charge in [-0.25, -0.2) is 4.98 Å². The molecule has 0 bridgehead atoms. The maximum atomic E-state index is 6.32. The lowest BCUT2D eigenvalue weighted by Crippen LogP contribution is -2.11. The highest BCUT2D eigenvalue weighted by Gasteiger charge is 2.21. The number of methoxy groups -OCH3 is 1. The summed E-state index contributed by atoms with van der Waals surface area (Å²) in [6, 6.07) is 6.04. The smallest absolute Gasteiger partial charge is 0.127 e. The van der Waals surface area contributed by atoms with Crippen molar-refractivity contribution in [3.63, 3.8) is 0 Å². The number of alkyl halides is 1. The SMILES string of the molecule is COc1ccc2nc(C(C)Cl)n(CC3CCCC3)c2c1. The van der Waals surface area contributed by atoms with E-state index >= 15 is 0 Å². The van der Waals surface area contributed by atoms with Crippen LogP contribution in [0.1, 0.15) is 43.8 Å². The molecule has 1 atom stereocenters. The minimum atomic E-state index is -0.0743. The van der Waals surface area contributed by atoms with E-state index in [1.807, 2.05) is 19.1 Å². The molecule has 3 rings (SSSR count). The first-order chi connectivity index (χ1) is 9.69. The van der Waals surface area contributed by atoms with E-state index in [9.17, 15) is 0 Å². The standard InChI is InChI=1S/C16H21ClN2O/c1-11(17)16-18-14-8-7-13(20-2)9-15(14)19(16)10-12-5-3-4-6-12/h7-9,11-12H,3-6,10H2,1-2H3. The normalized spacial score (nSPS) is 17.8. The van der Waals surface area contributed by atoms with E-state index in [2.05, 4.69) is 10.6 Å². The van der Waals surface area contributed by atoms with Gasteiger partial charge in [-0.2, -0.15) is 0 Å². The van der Waals surface area contributed by atoms with Crippen molar-refractivity contribution < 1.29 is 4.74 Å². The third kappa shape index (κ3) is 2.51. The molecule has 1 aliphatic rings. The molecule has 0 radical (unpaired) electrons. The van der Waals surface area contributed by atoms with Crippen molar-refractivity contribution in [1.29, 1.82) is 0 Å². The molecular weight excluding hydrogens is 272 g/mol. The Balaban J connectivity index is 2.06. The maximum absolute atomic E-state index is 6.32. The summed E-state index contributed by atoms with van der Waals surface area (Å²) in [6.07, 6.45) is 5.35. The summed E-state index contributed by atoms with van der Waals surface area (Å²) in [7, 11) is 1.70. The van der Waals surface area contributed by atoms with Crippen LogP contribution in [0, 0.1) is 5.92 Å². The van der Waals surface area contributed by atoms with Crippen LogP contribution >= 0.6 is 11.6 Å². The van der Waals surface area contributed by atoms with Gasteiger partial charge in [-0.1, -0.05) is 12.8 Å². The van der Waals surface area contributed by atoms with Gasteiger partial charge in [0.25, 0.3) is 0 Å². The van der Waals surface area contributed by atoms with Gasteiger partial charge in [0.05, 0.1) is 23.5 Å². The van der Waals surface area contributed by atoms with Crippen LogP contribution in [-0.4, -0.2) is 16.7 Å². The van der Waals surface area contributed by atoms with E-state index < -0.39 is 0 Å². The lowest BCUT2D eigenvalue weighted by atomic mass is 10.1. The number of imidazole rings is 1. The second-order valence-electron chi connectivity index (χ2n) is 5.70. The van der Waals surface area contributed by atoms with Gasteiger partial charge in [0.15, 0.2) is 0 Å². The molecule has 1 saturated carbocycles. The molecule has 0 N–H and O–H groups in total. The van der Waals surface area contributed by atoms with E-state index in [1.54, 1.807) is 7.11 Å². The van der Waals surface area contributed by atoms with Gasteiger partial charge >= 0.3 is 0 Å². The van der Waals surface area contributed by atoms with Crippen LogP contribution < -0.4 is 4.74 Å². The second kappa shape index (κ2) is 5.65. The summed E-state index contributed by atoms with van der Waals surface area (Å²) < 4.78 is 7.64. The first-order valence-electron chi connectivity index (χ1n) is 7.37. The summed E-state index contributed by atoms with van der Waals surface area (Å²) in [5, 5.41) is -0.0743. The van der Waals surface area contributed by atoms with Crippen LogP contribution in [-0.2, 0) is 6.54 Å². The summed E-state index contributed by atoms with van der Waals surface area (Å²) in [4.78, 5) is 4.71. The predicted molar refractivity (Wildman–Crippen MR) is 82.5 cm³/mol. The molecular formula is C16H21ClN2O. The van der Waals surface area contributed by atoms with E-state index in [-0.39, 0.29) is 5.38 Å². The van der Waals surface area contributed by atoms with Crippen molar-refractivity contribution in [1.82, 2.24) is 9.55 Å². The van der Waals surface area contributed by atoms with Gasteiger partial charge in [0, 0.05) is 12.6 Å². The van der Waals surface area contributed by atoms with Crippen LogP contribution in [0.4, 0.5) is 0 Å². The molecule has 0 spiro atoms. The molecule has 1 heterocycles. The Hall–Kier alpha value is -1.22. The number of nitrogens with zero attached hydrogens (tertiary/aromatic N) is 2. The van der Waals surface area contributed by atoms with E-state index in [4.69, 9.17) is 21.3 Å². The quantitative estimate of drug-likeness (QED) is 0.774. The number of rotatable bonds is 4. The van der Waals surface area contributed by atoms with Crippen molar-refractivity contribution in [3.8, 4) is 5.75 Å². The van der Waals surface area contributed by atoms with Gasteiger partial charge in [-0.05, 0) is 37.8 Å². The van der Waals surface area contributed by atoms with Gasteiger partial charge in [-0.15, -0.1) is 11.6 Å². The van der Waals surface area contributed by atoms with Crippen LogP contribution in [0.15, 0.2) is 18.2 Å². The van der Waals surface area contributed by atoms with Crippen molar-refractivity contribution in [2.45, 2.75) is 44.5 Å². The van der Waals surface area contributed by atoms with Crippen molar-refractivity contribution in [2.24, 2.45) is 5.92 Å². The largest absolute Gasteiger partial charge is 0.497 e. The van der Waals surface area contributed by atoms with E-state index in [1.165, 1.54) is 25.7 Å². The molecule has 4 heteroatoms. The number of halogens is 1. The minimum absolute atomic E-state index is 0.0743. The highest BCUT2D eigenvalue weighted by molar-refractivity contribution is 6.20. The van der Waals surface area contributed by atoms with Crippen molar-refractivity contribution in [3.05, 3.63) is 24.0 Å². The Morgan fingerprint density at radius 2 is 2.15 bits per heavy atom. The Morgan fingerprint density at radius 1 is 1.40 bits per heavy atom. The zero-order valence-electron chi connectivity index (χ0n) is 12.1. The highest BCUT2D eigenvalue weighted by atomic mass is 35.5. The van der Waals surface area contributed by atoms with E-state index in [0.29, 0.717) is 0 Å². The maximum Gasteiger partial charge on any atom is 0.127 e. The number of ether oxygens (including phenoxy) is 1. The third-order valence-corrected chi connectivity index (χ3v) is 4.45. The average Bonchev–Trinajstić information content (AvgIpc) is 3.07. The molecule has 1 aromatic heterocycles. The fourth-order valence-corrected chi connectivity index (χ4v) is 3.36. The molecule has 1 aromatic carbocycles.